The normalized spacial score (nSPS) is 11.4. The number of para-hydroxylation sites is 2. The first-order valence-corrected chi connectivity index (χ1v) is 25.3. The van der Waals surface area contributed by atoms with Gasteiger partial charge in [-0.1, -0.05) is 146 Å². The van der Waals surface area contributed by atoms with E-state index in [1.165, 1.54) is 10.8 Å². The third kappa shape index (κ3) is 8.26. The smallest absolute Gasteiger partial charge is 0.0919 e. The van der Waals surface area contributed by atoms with Crippen molar-refractivity contribution in [3.05, 3.63) is 268 Å². The third-order valence-electron chi connectivity index (χ3n) is 14.5. The Morgan fingerprint density at radius 2 is 0.592 bits per heavy atom. The average Bonchev–Trinajstić information content (AvgIpc) is 3.89. The zero-order valence-electron chi connectivity index (χ0n) is 41.0. The highest BCUT2D eigenvalue weighted by Crippen LogP contribution is 2.40. The van der Waals surface area contributed by atoms with Gasteiger partial charge in [-0.2, -0.15) is 20.4 Å². The number of hydrogen-bond acceptors (Lipinski definition) is 7. The van der Waals surface area contributed by atoms with E-state index in [0.717, 1.165) is 122 Å². The molecule has 0 atom stereocenters. The summed E-state index contributed by atoms with van der Waals surface area (Å²) < 4.78 is 2.40. The summed E-state index contributed by atoms with van der Waals surface area (Å²) in [5, 5.41) is 20.3. The fourth-order valence-electron chi connectivity index (χ4n) is 10.5. The predicted molar refractivity (Wildman–Crippen MR) is 310 cm³/mol. The molecule has 8 nitrogen and oxygen atoms in total. The summed E-state index contributed by atoms with van der Waals surface area (Å²) in [7, 11) is 0. The molecule has 5 aromatic heterocycles. The standard InChI is InChI=1S/C68H44N8/c1-3-7-59(8-4-1)75(60-9-5-2-6-10-60)61-29-31-62(32-30-61)76-67-33-27-53(49-19-11-45(12-20-49)47-15-23-51(24-16-47)55-35-57-41-71-73-43-65(57)69-39-55)37-63(67)64-38-54(28-34-68(64)76)50-21-13-46(14-22-50)48-17-25-52(26-18-48)56-36-58-42-72-74-44-66(58)70-40-56/h1-44H. The van der Waals surface area contributed by atoms with Gasteiger partial charge in [-0.05, 0) is 141 Å². The first-order chi connectivity index (χ1) is 37.6. The van der Waals surface area contributed by atoms with Gasteiger partial charge < -0.3 is 9.47 Å². The van der Waals surface area contributed by atoms with Gasteiger partial charge in [-0.25, -0.2) is 0 Å². The molecule has 76 heavy (non-hydrogen) atoms. The van der Waals surface area contributed by atoms with Crippen molar-refractivity contribution < 1.29 is 0 Å². The van der Waals surface area contributed by atoms with Crippen LogP contribution in [0.1, 0.15) is 0 Å². The monoisotopic (exact) mass is 972 g/mol. The van der Waals surface area contributed by atoms with E-state index in [0.29, 0.717) is 0 Å². The van der Waals surface area contributed by atoms with Crippen LogP contribution in [-0.2, 0) is 0 Å². The van der Waals surface area contributed by atoms with E-state index in [-0.39, 0.29) is 0 Å². The summed E-state index contributed by atoms with van der Waals surface area (Å²) in [5.74, 6) is 0. The Bertz CT molecular complexity index is 4140. The quantitative estimate of drug-likeness (QED) is 0.135. The first kappa shape index (κ1) is 44.3. The predicted octanol–water partition coefficient (Wildman–Crippen LogP) is 16.9. The van der Waals surface area contributed by atoms with Gasteiger partial charge in [-0.15, -0.1) is 0 Å². The van der Waals surface area contributed by atoms with Crippen LogP contribution in [0.2, 0.25) is 0 Å². The van der Waals surface area contributed by atoms with Gasteiger partial charge in [0, 0.05) is 67.8 Å². The minimum Gasteiger partial charge on any atom is -0.311 e. The Labute approximate surface area is 438 Å². The number of anilines is 3. The molecule has 356 valence electrons. The van der Waals surface area contributed by atoms with Crippen molar-refractivity contribution in [3.8, 4) is 72.4 Å². The van der Waals surface area contributed by atoms with E-state index in [9.17, 15) is 0 Å². The molecule has 0 bridgehead atoms. The second-order valence-corrected chi connectivity index (χ2v) is 19.0. The molecule has 0 fully saturated rings. The molecule has 14 aromatic rings. The summed E-state index contributed by atoms with van der Waals surface area (Å²) in [6, 6.07) is 83.2. The summed E-state index contributed by atoms with van der Waals surface area (Å²) in [6.07, 6.45) is 10.7. The van der Waals surface area contributed by atoms with Crippen molar-refractivity contribution in [3.63, 3.8) is 0 Å². The number of hydrogen-bond donors (Lipinski definition) is 0. The number of aromatic nitrogens is 7. The molecule has 0 N–H and O–H groups in total. The molecule has 8 heteroatoms. The highest BCUT2D eigenvalue weighted by Gasteiger charge is 2.18. The average molecular weight is 973 g/mol. The van der Waals surface area contributed by atoms with Crippen molar-refractivity contribution in [2.75, 3.05) is 4.90 Å². The molecule has 5 heterocycles. The highest BCUT2D eigenvalue weighted by molar-refractivity contribution is 6.12. The minimum atomic E-state index is 0.833. The maximum Gasteiger partial charge on any atom is 0.0919 e. The summed E-state index contributed by atoms with van der Waals surface area (Å²) >= 11 is 0. The molecular weight excluding hydrogens is 929 g/mol. The summed E-state index contributed by atoms with van der Waals surface area (Å²) in [6.45, 7) is 0. The zero-order chi connectivity index (χ0) is 50.4. The van der Waals surface area contributed by atoms with Crippen molar-refractivity contribution in [1.82, 2.24) is 34.9 Å². The lowest BCUT2D eigenvalue weighted by Crippen LogP contribution is -2.09. The molecule has 0 saturated heterocycles. The summed E-state index contributed by atoms with van der Waals surface area (Å²) in [5.41, 5.74) is 21.9. The molecule has 9 aromatic carbocycles. The van der Waals surface area contributed by atoms with E-state index >= 15 is 0 Å². The lowest BCUT2D eigenvalue weighted by atomic mass is 9.96. The van der Waals surface area contributed by atoms with Crippen molar-refractivity contribution in [2.45, 2.75) is 0 Å². The molecule has 0 radical (unpaired) electrons. The molecule has 0 saturated carbocycles. The topological polar surface area (TPSA) is 85.5 Å². The molecule has 0 unspecified atom stereocenters. The van der Waals surface area contributed by atoms with Crippen LogP contribution in [0, 0.1) is 0 Å². The number of rotatable bonds is 10. The Morgan fingerprint density at radius 1 is 0.263 bits per heavy atom. The van der Waals surface area contributed by atoms with Gasteiger partial charge in [0.05, 0.1) is 46.9 Å². The molecule has 0 aliphatic carbocycles. The van der Waals surface area contributed by atoms with Gasteiger partial charge in [-0.3, -0.25) is 9.97 Å². The van der Waals surface area contributed by atoms with Crippen molar-refractivity contribution >= 4 is 60.7 Å². The second kappa shape index (κ2) is 18.9. The fraction of sp³-hybridized carbons (Fsp3) is 0. The molecule has 0 spiro atoms. The van der Waals surface area contributed by atoms with Gasteiger partial charge in [0.2, 0.25) is 0 Å². The largest absolute Gasteiger partial charge is 0.311 e. The van der Waals surface area contributed by atoms with Crippen molar-refractivity contribution in [2.24, 2.45) is 0 Å². The van der Waals surface area contributed by atoms with Gasteiger partial charge >= 0.3 is 0 Å². The maximum absolute atomic E-state index is 4.59. The Morgan fingerprint density at radius 3 is 0.987 bits per heavy atom. The highest BCUT2D eigenvalue weighted by atomic mass is 15.1. The van der Waals surface area contributed by atoms with E-state index in [1.807, 2.05) is 12.4 Å². The van der Waals surface area contributed by atoms with Crippen LogP contribution in [0.15, 0.2) is 268 Å². The SMILES string of the molecule is c1ccc(N(c2ccccc2)c2ccc(-n3c4ccc(-c5ccc(-c6ccc(-c7cnc8cnncc8c7)cc6)cc5)cc4c4cc(-c5ccc(-c6ccc(-c7cnc8cnncc8c7)cc6)cc5)ccc43)cc2)cc1. The van der Waals surface area contributed by atoms with E-state index in [1.54, 1.807) is 24.8 Å². The second-order valence-electron chi connectivity index (χ2n) is 19.0. The minimum absolute atomic E-state index is 0.833. The van der Waals surface area contributed by atoms with Crippen LogP contribution in [-0.4, -0.2) is 34.9 Å². The lowest BCUT2D eigenvalue weighted by molar-refractivity contribution is 1.04. The van der Waals surface area contributed by atoms with Crippen LogP contribution in [0.4, 0.5) is 17.1 Å². The van der Waals surface area contributed by atoms with Crippen LogP contribution in [0.5, 0.6) is 0 Å². The maximum atomic E-state index is 4.59. The molecule has 0 aliphatic heterocycles. The molecule has 14 rings (SSSR count). The molecule has 0 amide bonds. The van der Waals surface area contributed by atoms with Crippen molar-refractivity contribution in [1.29, 1.82) is 0 Å². The lowest BCUT2D eigenvalue weighted by Gasteiger charge is -2.25. The Kier molecular flexibility index (Phi) is 11.0. The first-order valence-electron chi connectivity index (χ1n) is 25.3. The number of fused-ring (bicyclic) bond motifs is 5. The Balaban J connectivity index is 0.805. The number of nitrogens with zero attached hydrogens (tertiary/aromatic N) is 8. The Hall–Kier alpha value is -10.4. The molecule has 0 aliphatic rings. The summed E-state index contributed by atoms with van der Waals surface area (Å²) in [4.78, 5) is 11.5. The number of benzene rings is 9. The van der Waals surface area contributed by atoms with E-state index in [2.05, 4.69) is 270 Å². The van der Waals surface area contributed by atoms with Crippen LogP contribution in [0.25, 0.3) is 116 Å². The van der Waals surface area contributed by atoms with Gasteiger partial charge in [0.15, 0.2) is 0 Å². The fourth-order valence-corrected chi connectivity index (χ4v) is 10.5. The van der Waals surface area contributed by atoms with Crippen LogP contribution >= 0.6 is 0 Å². The third-order valence-corrected chi connectivity index (χ3v) is 14.5. The van der Waals surface area contributed by atoms with Gasteiger partial charge in [0.1, 0.15) is 0 Å². The van der Waals surface area contributed by atoms with Crippen LogP contribution < -0.4 is 4.90 Å². The van der Waals surface area contributed by atoms with Crippen LogP contribution in [0.3, 0.4) is 0 Å². The zero-order valence-corrected chi connectivity index (χ0v) is 41.0. The van der Waals surface area contributed by atoms with E-state index in [4.69, 9.17) is 0 Å². The van der Waals surface area contributed by atoms with Gasteiger partial charge in [0.25, 0.3) is 0 Å². The number of pyridine rings is 2. The molecular formula is C68H44N8. The van der Waals surface area contributed by atoms with E-state index < -0.39 is 0 Å².